The highest BCUT2D eigenvalue weighted by atomic mass is 127. The minimum Gasteiger partial charge on any atom is -0.493 e. The van der Waals surface area contributed by atoms with Crippen molar-refractivity contribution in [1.29, 1.82) is 0 Å². The topological polar surface area (TPSA) is 66.6 Å². The molecule has 136 valence electrons. The second-order valence-corrected chi connectivity index (χ2v) is 6.90. The van der Waals surface area contributed by atoms with Crippen LogP contribution in [0, 0.1) is 0 Å². The summed E-state index contributed by atoms with van der Waals surface area (Å²) in [6.07, 6.45) is 0.873. The van der Waals surface area contributed by atoms with Crippen molar-refractivity contribution in [3.8, 4) is 39.6 Å². The number of thiazole rings is 1. The van der Waals surface area contributed by atoms with Gasteiger partial charge in [0, 0.05) is 16.9 Å². The average molecular weight is 482 g/mol. The summed E-state index contributed by atoms with van der Waals surface area (Å²) in [4.78, 5) is 5.68. The molecule has 0 spiro atoms. The quantitative estimate of drug-likeness (QED) is 0.431. The Morgan fingerprint density at radius 2 is 1.65 bits per heavy atom. The molecule has 0 bridgehead atoms. The number of benzene rings is 2. The van der Waals surface area contributed by atoms with E-state index in [0.717, 1.165) is 23.2 Å². The third-order valence-corrected chi connectivity index (χ3v) is 5.31. The summed E-state index contributed by atoms with van der Waals surface area (Å²) in [5.41, 5.74) is 11.4. The van der Waals surface area contributed by atoms with Gasteiger partial charge in [0.25, 0.3) is 0 Å². The van der Waals surface area contributed by atoms with E-state index in [1.54, 1.807) is 32.7 Å². The highest BCUT2D eigenvalue weighted by Gasteiger charge is 2.23. The Hall–Kier alpha value is -2.00. The lowest BCUT2D eigenvalue weighted by molar-refractivity contribution is 0.324. The zero-order chi connectivity index (χ0) is 17.6. The molecule has 0 amide bonds. The fraction of sp³-hybridized carbons (Fsp3) is 0.211. The van der Waals surface area contributed by atoms with E-state index in [2.05, 4.69) is 23.2 Å². The van der Waals surface area contributed by atoms with E-state index in [0.29, 0.717) is 22.4 Å². The largest absolute Gasteiger partial charge is 0.493 e. The van der Waals surface area contributed by atoms with Crippen LogP contribution in [-0.2, 0) is 6.42 Å². The van der Waals surface area contributed by atoms with Crippen LogP contribution in [0.5, 0.6) is 17.2 Å². The zero-order valence-electron chi connectivity index (χ0n) is 14.7. The van der Waals surface area contributed by atoms with Crippen molar-refractivity contribution in [3.05, 3.63) is 40.8 Å². The molecule has 1 heterocycles. The molecule has 0 saturated carbocycles. The van der Waals surface area contributed by atoms with Gasteiger partial charge in [-0.2, -0.15) is 0 Å². The maximum absolute atomic E-state index is 5.83. The smallest absolute Gasteiger partial charge is 0.203 e. The van der Waals surface area contributed by atoms with Crippen molar-refractivity contribution >= 4 is 40.4 Å². The first-order chi connectivity index (χ1) is 12.1. The molecule has 3 aromatic rings. The first-order valence-corrected chi connectivity index (χ1v) is 8.65. The number of methoxy groups -OCH3 is 3. The van der Waals surface area contributed by atoms with Crippen molar-refractivity contribution in [2.24, 2.45) is 0 Å². The predicted octanol–water partition coefficient (Wildman–Crippen LogP) is 4.61. The van der Waals surface area contributed by atoms with Gasteiger partial charge in [-0.3, -0.25) is 0 Å². The maximum atomic E-state index is 5.83. The molecule has 26 heavy (non-hydrogen) atoms. The predicted molar refractivity (Wildman–Crippen MR) is 115 cm³/mol. The second kappa shape index (κ2) is 7.32. The lowest BCUT2D eigenvalue weighted by Crippen LogP contribution is -1.96. The summed E-state index contributed by atoms with van der Waals surface area (Å²) in [7, 11) is 4.85. The van der Waals surface area contributed by atoms with E-state index in [1.165, 1.54) is 16.0 Å². The number of anilines is 1. The van der Waals surface area contributed by atoms with Crippen LogP contribution in [0.4, 0.5) is 5.13 Å². The van der Waals surface area contributed by atoms with Crippen molar-refractivity contribution in [1.82, 2.24) is 4.98 Å². The molecule has 1 aliphatic rings. The van der Waals surface area contributed by atoms with E-state index in [-0.39, 0.29) is 24.0 Å². The molecule has 7 heteroatoms. The van der Waals surface area contributed by atoms with Gasteiger partial charge in [0.2, 0.25) is 5.75 Å². The number of rotatable bonds is 4. The summed E-state index contributed by atoms with van der Waals surface area (Å²) in [6, 6.07) is 10.3. The number of aromatic nitrogens is 1. The monoisotopic (exact) mass is 482 g/mol. The molecular formula is C19H19IN2O3S. The standard InChI is InChI=1S/C19H18N2O3S.HI/c1-22-14-7-11(8-15(23-2)18(14)24-3)10-4-5-13-12(6-10)9-16-17(13)21-19(20)25-16;/h4-8H,9H2,1-3H3,(H2,20,21);1H. The van der Waals surface area contributed by atoms with Crippen molar-refractivity contribution in [3.63, 3.8) is 0 Å². The molecule has 4 rings (SSSR count). The number of nitrogens with zero attached hydrogens (tertiary/aromatic N) is 1. The van der Waals surface area contributed by atoms with Gasteiger partial charge >= 0.3 is 0 Å². The number of hydrogen-bond donors (Lipinski definition) is 1. The van der Waals surface area contributed by atoms with E-state index < -0.39 is 0 Å². The molecule has 0 atom stereocenters. The number of hydrogen-bond acceptors (Lipinski definition) is 6. The van der Waals surface area contributed by atoms with Crippen LogP contribution in [0.25, 0.3) is 22.4 Å². The van der Waals surface area contributed by atoms with Gasteiger partial charge in [-0.05, 0) is 28.8 Å². The van der Waals surface area contributed by atoms with Gasteiger partial charge in [-0.25, -0.2) is 4.98 Å². The molecule has 0 radical (unpaired) electrons. The van der Waals surface area contributed by atoms with Gasteiger partial charge in [-0.15, -0.1) is 35.3 Å². The molecule has 0 fully saturated rings. The Morgan fingerprint density at radius 3 is 2.27 bits per heavy atom. The van der Waals surface area contributed by atoms with Gasteiger partial charge in [0.05, 0.1) is 27.0 Å². The number of ether oxygens (including phenoxy) is 3. The third-order valence-electron chi connectivity index (χ3n) is 4.42. The third kappa shape index (κ3) is 2.99. The van der Waals surface area contributed by atoms with Crippen LogP contribution in [0.2, 0.25) is 0 Å². The minimum atomic E-state index is 0. The van der Waals surface area contributed by atoms with Gasteiger partial charge in [0.1, 0.15) is 0 Å². The molecule has 1 aliphatic carbocycles. The van der Waals surface area contributed by atoms with Crippen LogP contribution in [0.1, 0.15) is 10.4 Å². The minimum absolute atomic E-state index is 0. The van der Waals surface area contributed by atoms with Crippen LogP contribution >= 0.6 is 35.3 Å². The summed E-state index contributed by atoms with van der Waals surface area (Å²) in [6.45, 7) is 0. The summed E-state index contributed by atoms with van der Waals surface area (Å²) in [5.74, 6) is 1.88. The molecule has 2 aromatic carbocycles. The fourth-order valence-electron chi connectivity index (χ4n) is 3.27. The summed E-state index contributed by atoms with van der Waals surface area (Å²) in [5, 5.41) is 0.629. The van der Waals surface area contributed by atoms with E-state index >= 15 is 0 Å². The molecule has 2 N–H and O–H groups in total. The lowest BCUT2D eigenvalue weighted by atomic mass is 9.99. The Kier molecular flexibility index (Phi) is 5.29. The Morgan fingerprint density at radius 1 is 0.962 bits per heavy atom. The van der Waals surface area contributed by atoms with E-state index in [1.807, 2.05) is 12.1 Å². The zero-order valence-corrected chi connectivity index (χ0v) is 17.8. The van der Waals surface area contributed by atoms with Crippen LogP contribution in [-0.4, -0.2) is 26.3 Å². The Bertz CT molecular complexity index is 946. The van der Waals surface area contributed by atoms with E-state index in [4.69, 9.17) is 19.9 Å². The second-order valence-electron chi connectivity index (χ2n) is 5.79. The van der Waals surface area contributed by atoms with E-state index in [9.17, 15) is 0 Å². The number of halogens is 1. The molecular weight excluding hydrogens is 463 g/mol. The van der Waals surface area contributed by atoms with Gasteiger partial charge < -0.3 is 19.9 Å². The average Bonchev–Trinajstić information content (AvgIpc) is 3.15. The first-order valence-electron chi connectivity index (χ1n) is 7.83. The Labute approximate surface area is 173 Å². The van der Waals surface area contributed by atoms with Crippen molar-refractivity contribution in [2.45, 2.75) is 6.42 Å². The summed E-state index contributed by atoms with van der Waals surface area (Å²) >= 11 is 1.56. The number of nitrogen functional groups attached to an aromatic ring is 1. The normalized spacial score (nSPS) is 11.3. The van der Waals surface area contributed by atoms with Gasteiger partial charge in [-0.1, -0.05) is 18.2 Å². The Balaban J connectivity index is 0.00000196. The van der Waals surface area contributed by atoms with Crippen LogP contribution in [0.15, 0.2) is 30.3 Å². The van der Waals surface area contributed by atoms with Crippen molar-refractivity contribution < 1.29 is 14.2 Å². The van der Waals surface area contributed by atoms with Crippen LogP contribution < -0.4 is 19.9 Å². The first kappa shape index (κ1) is 18.8. The maximum Gasteiger partial charge on any atom is 0.203 e. The summed E-state index contributed by atoms with van der Waals surface area (Å²) < 4.78 is 16.3. The molecule has 0 aliphatic heterocycles. The molecule has 5 nitrogen and oxygen atoms in total. The molecule has 1 aromatic heterocycles. The van der Waals surface area contributed by atoms with Gasteiger partial charge in [0.15, 0.2) is 16.6 Å². The SMILES string of the molecule is COc1cc(-c2ccc3c(c2)Cc2sc(N)nc2-3)cc(OC)c1OC.I. The lowest BCUT2D eigenvalue weighted by Gasteiger charge is -2.14. The fourth-order valence-corrected chi connectivity index (χ4v) is 4.14. The molecule has 0 unspecified atom stereocenters. The molecule has 0 saturated heterocycles. The highest BCUT2D eigenvalue weighted by Crippen LogP contribution is 2.44. The highest BCUT2D eigenvalue weighted by molar-refractivity contribution is 14.0. The van der Waals surface area contributed by atoms with Crippen LogP contribution in [0.3, 0.4) is 0 Å². The number of nitrogens with two attached hydrogens (primary N) is 1. The van der Waals surface area contributed by atoms with Crippen molar-refractivity contribution in [2.75, 3.05) is 27.1 Å². The number of fused-ring (bicyclic) bond motifs is 3.